The first-order valence-electron chi connectivity index (χ1n) is 6.54. The van der Waals surface area contributed by atoms with Gasteiger partial charge < -0.3 is 10.6 Å². The molecule has 1 aliphatic heterocycles. The summed E-state index contributed by atoms with van der Waals surface area (Å²) in [5, 5.41) is 8.37. The van der Waals surface area contributed by atoms with Crippen LogP contribution in [0.5, 0.6) is 0 Å². The van der Waals surface area contributed by atoms with Crippen LogP contribution in [-0.4, -0.2) is 24.0 Å². The normalized spacial score (nSPS) is 22.6. The summed E-state index contributed by atoms with van der Waals surface area (Å²) >= 11 is 0. The van der Waals surface area contributed by atoms with Crippen LogP contribution in [0.15, 0.2) is 36.7 Å². The molecule has 1 unspecified atom stereocenters. The quantitative estimate of drug-likeness (QED) is 0.864. The molecule has 4 nitrogen and oxygen atoms in total. The number of aromatic nitrogens is 1. The number of carbonyl (C=O) groups excluding carboxylic acids is 1. The molecule has 1 aromatic carbocycles. The lowest BCUT2D eigenvalue weighted by Gasteiger charge is -2.22. The predicted molar refractivity (Wildman–Crippen MR) is 76.0 cm³/mol. The molecule has 4 heteroatoms. The van der Waals surface area contributed by atoms with E-state index in [0.717, 1.165) is 36.0 Å². The first-order valence-corrected chi connectivity index (χ1v) is 6.54. The molecule has 0 saturated carbocycles. The van der Waals surface area contributed by atoms with Crippen LogP contribution in [0.4, 0.5) is 5.69 Å². The molecule has 2 aromatic rings. The first kappa shape index (κ1) is 12.1. The van der Waals surface area contributed by atoms with Gasteiger partial charge in [0.15, 0.2) is 0 Å². The van der Waals surface area contributed by atoms with E-state index in [0.29, 0.717) is 0 Å². The average Bonchev–Trinajstić information content (AvgIpc) is 2.87. The van der Waals surface area contributed by atoms with Crippen LogP contribution in [-0.2, 0) is 4.79 Å². The Bertz CT molecular complexity index is 612. The molecular formula is C15H17N3O. The van der Waals surface area contributed by atoms with Crippen molar-refractivity contribution in [3.63, 3.8) is 0 Å². The van der Waals surface area contributed by atoms with E-state index in [1.54, 1.807) is 6.20 Å². The van der Waals surface area contributed by atoms with Gasteiger partial charge in [0.05, 0.1) is 5.41 Å². The largest absolute Gasteiger partial charge is 0.325 e. The van der Waals surface area contributed by atoms with Crippen molar-refractivity contribution in [2.45, 2.75) is 13.3 Å². The Morgan fingerprint density at radius 2 is 2.32 bits per heavy atom. The highest BCUT2D eigenvalue weighted by atomic mass is 16.2. The zero-order chi connectivity index (χ0) is 13.3. The summed E-state index contributed by atoms with van der Waals surface area (Å²) in [5.41, 5.74) is 0.549. The van der Waals surface area contributed by atoms with Crippen molar-refractivity contribution in [2.75, 3.05) is 18.4 Å². The van der Waals surface area contributed by atoms with Crippen LogP contribution in [0.25, 0.3) is 10.8 Å². The van der Waals surface area contributed by atoms with Crippen molar-refractivity contribution >= 4 is 22.4 Å². The summed E-state index contributed by atoms with van der Waals surface area (Å²) in [4.78, 5) is 16.5. The molecule has 1 saturated heterocycles. The molecule has 98 valence electrons. The number of fused-ring (bicyclic) bond motifs is 1. The van der Waals surface area contributed by atoms with Crippen LogP contribution >= 0.6 is 0 Å². The van der Waals surface area contributed by atoms with Gasteiger partial charge in [-0.05, 0) is 32.0 Å². The van der Waals surface area contributed by atoms with Gasteiger partial charge in [0.2, 0.25) is 5.91 Å². The Hall–Kier alpha value is -1.94. The third kappa shape index (κ3) is 2.19. The summed E-state index contributed by atoms with van der Waals surface area (Å²) in [6.45, 7) is 3.66. The highest BCUT2D eigenvalue weighted by Gasteiger charge is 2.36. The zero-order valence-electron chi connectivity index (χ0n) is 10.9. The van der Waals surface area contributed by atoms with Crippen molar-refractivity contribution < 1.29 is 4.79 Å². The summed E-state index contributed by atoms with van der Waals surface area (Å²) in [5.74, 6) is 0.0850. The van der Waals surface area contributed by atoms with E-state index in [4.69, 9.17) is 0 Å². The van der Waals surface area contributed by atoms with Gasteiger partial charge >= 0.3 is 0 Å². The number of pyridine rings is 1. The molecule has 3 rings (SSSR count). The Balaban J connectivity index is 1.91. The van der Waals surface area contributed by atoms with Gasteiger partial charge in [-0.2, -0.15) is 0 Å². The zero-order valence-corrected chi connectivity index (χ0v) is 10.9. The number of carbonyl (C=O) groups is 1. The Morgan fingerprint density at radius 1 is 1.42 bits per heavy atom. The molecule has 1 fully saturated rings. The summed E-state index contributed by atoms with van der Waals surface area (Å²) in [6.07, 6.45) is 4.44. The average molecular weight is 255 g/mol. The SMILES string of the molecule is CC1(C(=O)Nc2cccc3cnccc23)CCNC1. The summed E-state index contributed by atoms with van der Waals surface area (Å²) in [7, 11) is 0. The minimum Gasteiger partial charge on any atom is -0.325 e. The number of amides is 1. The second kappa shape index (κ2) is 4.63. The van der Waals surface area contributed by atoms with Crippen molar-refractivity contribution in [3.05, 3.63) is 36.7 Å². The minimum atomic E-state index is -0.310. The van der Waals surface area contributed by atoms with Gasteiger partial charge in [0.1, 0.15) is 0 Å². The first-order chi connectivity index (χ1) is 9.19. The number of hydrogen-bond donors (Lipinski definition) is 2. The lowest BCUT2D eigenvalue weighted by Crippen LogP contribution is -2.35. The minimum absolute atomic E-state index is 0.0850. The van der Waals surface area contributed by atoms with Crippen molar-refractivity contribution in [1.29, 1.82) is 0 Å². The van der Waals surface area contributed by atoms with Gasteiger partial charge in [-0.1, -0.05) is 12.1 Å². The van der Waals surface area contributed by atoms with Crippen LogP contribution in [0.1, 0.15) is 13.3 Å². The Labute approximate surface area is 112 Å². The van der Waals surface area contributed by atoms with Crippen LogP contribution < -0.4 is 10.6 Å². The maximum atomic E-state index is 12.4. The second-order valence-corrected chi connectivity index (χ2v) is 5.34. The summed E-state index contributed by atoms with van der Waals surface area (Å²) in [6, 6.07) is 7.80. The summed E-state index contributed by atoms with van der Waals surface area (Å²) < 4.78 is 0. The van der Waals surface area contributed by atoms with Gasteiger partial charge in [-0.25, -0.2) is 0 Å². The number of anilines is 1. The molecule has 0 aliphatic carbocycles. The van der Waals surface area contributed by atoms with Crippen LogP contribution in [0.2, 0.25) is 0 Å². The highest BCUT2D eigenvalue weighted by Crippen LogP contribution is 2.28. The molecule has 1 amide bonds. The van der Waals surface area contributed by atoms with Gasteiger partial charge in [0.25, 0.3) is 0 Å². The van der Waals surface area contributed by atoms with E-state index in [2.05, 4.69) is 15.6 Å². The third-order valence-electron chi connectivity index (χ3n) is 3.85. The number of hydrogen-bond acceptors (Lipinski definition) is 3. The second-order valence-electron chi connectivity index (χ2n) is 5.34. The molecule has 1 atom stereocenters. The lowest BCUT2D eigenvalue weighted by molar-refractivity contribution is -0.123. The fraction of sp³-hybridized carbons (Fsp3) is 0.333. The van der Waals surface area contributed by atoms with Gasteiger partial charge in [-0.3, -0.25) is 9.78 Å². The maximum absolute atomic E-state index is 12.4. The van der Waals surface area contributed by atoms with E-state index >= 15 is 0 Å². The molecule has 0 bridgehead atoms. The fourth-order valence-corrected chi connectivity index (χ4v) is 2.52. The van der Waals surface area contributed by atoms with Crippen molar-refractivity contribution in [3.8, 4) is 0 Å². The van der Waals surface area contributed by atoms with Crippen molar-refractivity contribution in [2.24, 2.45) is 5.41 Å². The van der Waals surface area contributed by atoms with E-state index in [-0.39, 0.29) is 11.3 Å². The van der Waals surface area contributed by atoms with E-state index in [1.165, 1.54) is 0 Å². The number of rotatable bonds is 2. The molecule has 0 spiro atoms. The molecule has 1 aliphatic rings. The maximum Gasteiger partial charge on any atom is 0.231 e. The molecule has 2 N–H and O–H groups in total. The molecule has 19 heavy (non-hydrogen) atoms. The Kier molecular flexibility index (Phi) is 2.95. The van der Waals surface area contributed by atoms with E-state index in [9.17, 15) is 4.79 Å². The predicted octanol–water partition coefficient (Wildman–Crippen LogP) is 2.17. The number of nitrogens with zero attached hydrogens (tertiary/aromatic N) is 1. The lowest BCUT2D eigenvalue weighted by atomic mass is 9.88. The van der Waals surface area contributed by atoms with Gasteiger partial charge in [-0.15, -0.1) is 0 Å². The number of benzene rings is 1. The third-order valence-corrected chi connectivity index (χ3v) is 3.85. The van der Waals surface area contributed by atoms with Crippen molar-refractivity contribution in [1.82, 2.24) is 10.3 Å². The van der Waals surface area contributed by atoms with E-state index < -0.39 is 0 Å². The smallest absolute Gasteiger partial charge is 0.231 e. The van der Waals surface area contributed by atoms with Crippen LogP contribution in [0.3, 0.4) is 0 Å². The van der Waals surface area contributed by atoms with Crippen LogP contribution in [0, 0.1) is 5.41 Å². The molecule has 1 aromatic heterocycles. The highest BCUT2D eigenvalue weighted by molar-refractivity contribution is 6.03. The molecule has 0 radical (unpaired) electrons. The Morgan fingerprint density at radius 3 is 3.11 bits per heavy atom. The fourth-order valence-electron chi connectivity index (χ4n) is 2.52. The number of nitrogens with one attached hydrogen (secondary N) is 2. The van der Waals surface area contributed by atoms with Gasteiger partial charge in [0, 0.05) is 35.4 Å². The monoisotopic (exact) mass is 255 g/mol. The van der Waals surface area contributed by atoms with E-state index in [1.807, 2.05) is 37.4 Å². The topological polar surface area (TPSA) is 54.0 Å². The molecule has 2 heterocycles. The standard InChI is InChI=1S/C15H17N3O/c1-15(6-8-17-10-15)14(19)18-13-4-2-3-11-9-16-7-5-12(11)13/h2-5,7,9,17H,6,8,10H2,1H3,(H,18,19). The molecular weight excluding hydrogens is 238 g/mol.